The molecule has 0 saturated carbocycles. The van der Waals surface area contributed by atoms with Gasteiger partial charge < -0.3 is 19.5 Å². The number of hydrogen-bond donors (Lipinski definition) is 1. The number of benzene rings is 1. The Kier molecular flexibility index (Phi) is 5.96. The highest BCUT2D eigenvalue weighted by Crippen LogP contribution is 2.36. The number of pyridine rings is 1. The molecule has 8 heteroatoms. The van der Waals surface area contributed by atoms with Gasteiger partial charge in [0.25, 0.3) is 6.43 Å². The van der Waals surface area contributed by atoms with Crippen LogP contribution in [-0.2, 0) is 4.79 Å². The molecular weight excluding hydrogens is 370 g/mol. The Bertz CT molecular complexity index is 860. The fourth-order valence-electron chi connectivity index (χ4n) is 3.12. The number of carbonyl (C=O) groups excluding carboxylic acids is 1. The summed E-state index contributed by atoms with van der Waals surface area (Å²) in [5.41, 5.74) is 0.857. The van der Waals surface area contributed by atoms with E-state index in [0.29, 0.717) is 35.7 Å². The topological polar surface area (TPSA) is 69.7 Å². The Morgan fingerprint density at radius 3 is 2.50 bits per heavy atom. The summed E-state index contributed by atoms with van der Waals surface area (Å²) in [5.74, 6) is 0.984. The van der Waals surface area contributed by atoms with E-state index in [4.69, 9.17) is 14.2 Å². The van der Waals surface area contributed by atoms with Crippen molar-refractivity contribution in [3.05, 3.63) is 36.0 Å². The molecule has 1 aliphatic heterocycles. The van der Waals surface area contributed by atoms with Gasteiger partial charge in [0.2, 0.25) is 5.91 Å². The monoisotopic (exact) mass is 392 g/mol. The minimum atomic E-state index is -2.72. The summed E-state index contributed by atoms with van der Waals surface area (Å²) in [5, 5.41) is 2.73. The van der Waals surface area contributed by atoms with Crippen LogP contribution in [0.3, 0.4) is 0 Å². The zero-order chi connectivity index (χ0) is 20.3. The van der Waals surface area contributed by atoms with Crippen molar-refractivity contribution in [3.8, 4) is 28.5 Å². The lowest BCUT2D eigenvalue weighted by atomic mass is 10.0. The van der Waals surface area contributed by atoms with Gasteiger partial charge in [-0.3, -0.25) is 9.78 Å². The molecule has 2 aromatic rings. The molecule has 1 amide bonds. The van der Waals surface area contributed by atoms with Crippen LogP contribution in [0.4, 0.5) is 8.78 Å². The van der Waals surface area contributed by atoms with Crippen LogP contribution < -0.4 is 19.5 Å². The molecule has 150 valence electrons. The normalized spacial score (nSPS) is 17.4. The number of nitrogens with one attached hydrogen (secondary N) is 1. The number of methoxy groups -OCH3 is 2. The van der Waals surface area contributed by atoms with E-state index in [1.165, 1.54) is 20.3 Å². The van der Waals surface area contributed by atoms with Crippen LogP contribution in [0, 0.1) is 5.92 Å². The third kappa shape index (κ3) is 4.16. The van der Waals surface area contributed by atoms with Crippen LogP contribution in [0.25, 0.3) is 11.3 Å². The molecule has 0 spiro atoms. The molecule has 3 rings (SSSR count). The third-order valence-corrected chi connectivity index (χ3v) is 4.80. The Morgan fingerprint density at radius 1 is 1.14 bits per heavy atom. The zero-order valence-corrected chi connectivity index (χ0v) is 15.9. The van der Waals surface area contributed by atoms with Crippen LogP contribution in [0.15, 0.2) is 30.5 Å². The second kappa shape index (κ2) is 8.41. The molecular formula is C20H22F2N2O4. The van der Waals surface area contributed by atoms with Gasteiger partial charge in [0.15, 0.2) is 11.5 Å². The summed E-state index contributed by atoms with van der Waals surface area (Å²) in [6.07, 6.45) is -1.69. The predicted molar refractivity (Wildman–Crippen MR) is 98.9 cm³/mol. The van der Waals surface area contributed by atoms with E-state index in [1.54, 1.807) is 25.1 Å². The molecule has 1 saturated heterocycles. The molecule has 6 nitrogen and oxygen atoms in total. The third-order valence-electron chi connectivity index (χ3n) is 4.80. The molecule has 1 N–H and O–H groups in total. The fourth-order valence-corrected chi connectivity index (χ4v) is 3.12. The first-order chi connectivity index (χ1) is 13.4. The van der Waals surface area contributed by atoms with Crippen LogP contribution in [0.2, 0.25) is 0 Å². The summed E-state index contributed by atoms with van der Waals surface area (Å²) >= 11 is 0. The summed E-state index contributed by atoms with van der Waals surface area (Å²) in [7, 11) is 3.05. The molecule has 0 bridgehead atoms. The molecule has 1 aliphatic rings. The molecule has 0 aliphatic carbocycles. The van der Waals surface area contributed by atoms with E-state index in [2.05, 4.69) is 10.3 Å². The average molecular weight is 392 g/mol. The van der Waals surface area contributed by atoms with Gasteiger partial charge in [-0.05, 0) is 25.1 Å². The summed E-state index contributed by atoms with van der Waals surface area (Å²) in [6, 6.07) is 6.69. The van der Waals surface area contributed by atoms with Crippen LogP contribution in [0.1, 0.15) is 25.3 Å². The Balaban J connectivity index is 1.92. The molecule has 0 unspecified atom stereocenters. The van der Waals surface area contributed by atoms with Gasteiger partial charge >= 0.3 is 0 Å². The van der Waals surface area contributed by atoms with Gasteiger partial charge in [-0.15, -0.1) is 0 Å². The second-order valence-corrected chi connectivity index (χ2v) is 6.57. The molecule has 0 radical (unpaired) electrons. The van der Waals surface area contributed by atoms with Gasteiger partial charge in [-0.1, -0.05) is 0 Å². The number of rotatable bonds is 7. The number of hydrogen-bond acceptors (Lipinski definition) is 5. The number of aromatic nitrogens is 1. The van der Waals surface area contributed by atoms with Crippen LogP contribution in [0.5, 0.6) is 17.2 Å². The highest BCUT2D eigenvalue weighted by atomic mass is 19.3. The molecule has 1 aromatic carbocycles. The smallest absolute Gasteiger partial charge is 0.268 e. The minimum Gasteiger partial charge on any atom is -0.493 e. The van der Waals surface area contributed by atoms with Crippen molar-refractivity contribution in [2.45, 2.75) is 25.9 Å². The zero-order valence-electron chi connectivity index (χ0n) is 15.9. The van der Waals surface area contributed by atoms with E-state index >= 15 is 0 Å². The van der Waals surface area contributed by atoms with E-state index in [1.807, 2.05) is 0 Å². The lowest BCUT2D eigenvalue weighted by Gasteiger charge is -2.21. The van der Waals surface area contributed by atoms with Crippen LogP contribution >= 0.6 is 0 Å². The first kappa shape index (κ1) is 19.9. The number of amides is 1. The standard InChI is InChI=1S/C20H22F2N2O4/c1-11(13-7-19(25)24-9-13)28-17-8-15(23-10-14(17)20(21)22)12-4-5-16(26-2)18(6-12)27-3/h4-6,8,10-11,13,20H,7,9H2,1-3H3,(H,24,25)/t11-,13-/m1/s1. The second-order valence-electron chi connectivity index (χ2n) is 6.57. The number of alkyl halides is 2. The summed E-state index contributed by atoms with van der Waals surface area (Å²) < 4.78 is 43.2. The Labute approximate surface area is 161 Å². The number of carbonyl (C=O) groups is 1. The predicted octanol–water partition coefficient (Wildman–Crippen LogP) is 3.61. The Hall–Kier alpha value is -2.90. The van der Waals surface area contributed by atoms with Crippen molar-refractivity contribution in [1.82, 2.24) is 10.3 Å². The minimum absolute atomic E-state index is 0.0571. The summed E-state index contributed by atoms with van der Waals surface area (Å²) in [4.78, 5) is 15.6. The van der Waals surface area contributed by atoms with Gasteiger partial charge in [0.05, 0.1) is 25.5 Å². The molecule has 2 atom stereocenters. The van der Waals surface area contributed by atoms with Crippen molar-refractivity contribution in [1.29, 1.82) is 0 Å². The maximum atomic E-state index is 13.4. The quantitative estimate of drug-likeness (QED) is 0.780. The molecule has 1 fully saturated rings. The van der Waals surface area contributed by atoms with Gasteiger partial charge in [-0.2, -0.15) is 0 Å². The van der Waals surface area contributed by atoms with Crippen molar-refractivity contribution >= 4 is 5.91 Å². The molecule has 2 heterocycles. The number of ether oxygens (including phenoxy) is 3. The highest BCUT2D eigenvalue weighted by molar-refractivity contribution is 5.78. The lowest BCUT2D eigenvalue weighted by Crippen LogP contribution is -2.26. The first-order valence-electron chi connectivity index (χ1n) is 8.86. The molecule has 1 aromatic heterocycles. The van der Waals surface area contributed by atoms with Crippen LogP contribution in [-0.4, -0.2) is 37.8 Å². The van der Waals surface area contributed by atoms with E-state index in [0.717, 1.165) is 6.20 Å². The van der Waals surface area contributed by atoms with Crippen molar-refractivity contribution in [2.24, 2.45) is 5.92 Å². The van der Waals surface area contributed by atoms with E-state index < -0.39 is 12.5 Å². The fraction of sp³-hybridized carbons (Fsp3) is 0.400. The van der Waals surface area contributed by atoms with Gasteiger partial charge in [-0.25, -0.2) is 8.78 Å². The Morgan fingerprint density at radius 2 is 1.89 bits per heavy atom. The number of halogens is 2. The maximum absolute atomic E-state index is 13.4. The lowest BCUT2D eigenvalue weighted by molar-refractivity contribution is -0.119. The van der Waals surface area contributed by atoms with Gasteiger partial charge in [0, 0.05) is 36.7 Å². The van der Waals surface area contributed by atoms with Crippen molar-refractivity contribution < 1.29 is 27.8 Å². The first-order valence-corrected chi connectivity index (χ1v) is 8.86. The largest absolute Gasteiger partial charge is 0.493 e. The molecule has 28 heavy (non-hydrogen) atoms. The van der Waals surface area contributed by atoms with Gasteiger partial charge in [0.1, 0.15) is 11.9 Å². The van der Waals surface area contributed by atoms with Crippen molar-refractivity contribution in [2.75, 3.05) is 20.8 Å². The number of nitrogens with zero attached hydrogens (tertiary/aromatic N) is 1. The highest BCUT2D eigenvalue weighted by Gasteiger charge is 2.29. The van der Waals surface area contributed by atoms with E-state index in [9.17, 15) is 13.6 Å². The van der Waals surface area contributed by atoms with E-state index in [-0.39, 0.29) is 23.1 Å². The van der Waals surface area contributed by atoms with Crippen molar-refractivity contribution in [3.63, 3.8) is 0 Å². The average Bonchev–Trinajstić information content (AvgIpc) is 3.13. The maximum Gasteiger partial charge on any atom is 0.268 e. The summed E-state index contributed by atoms with van der Waals surface area (Å²) in [6.45, 7) is 2.24. The SMILES string of the molecule is COc1ccc(-c2cc(O[C@H](C)[C@H]3CNC(=O)C3)c(C(F)F)cn2)cc1OC.